The first-order valence-electron chi connectivity index (χ1n) is 6.14. The number of thiazole rings is 1. The van der Waals surface area contributed by atoms with Crippen LogP contribution in [0, 0.1) is 6.92 Å². The van der Waals surface area contributed by atoms with Gasteiger partial charge in [0, 0.05) is 17.3 Å². The van der Waals surface area contributed by atoms with Crippen molar-refractivity contribution in [3.05, 3.63) is 40.3 Å². The summed E-state index contributed by atoms with van der Waals surface area (Å²) in [5, 5.41) is 6.14. The van der Waals surface area contributed by atoms with Crippen LogP contribution < -0.4 is 10.0 Å². The number of anilines is 1. The Kier molecular flexibility index (Phi) is 4.42. The molecule has 7 heteroatoms. The number of rotatable bonds is 5. The summed E-state index contributed by atoms with van der Waals surface area (Å²) >= 11 is 1.56. The van der Waals surface area contributed by atoms with Gasteiger partial charge in [-0.25, -0.2) is 18.1 Å². The summed E-state index contributed by atoms with van der Waals surface area (Å²) in [4.78, 5) is 4.53. The van der Waals surface area contributed by atoms with Crippen molar-refractivity contribution in [2.45, 2.75) is 24.8 Å². The minimum absolute atomic E-state index is 0.0304. The Bertz CT molecular complexity index is 682. The monoisotopic (exact) mass is 311 g/mol. The largest absolute Gasteiger partial charge is 0.376 e. The Labute approximate surface area is 123 Å². The molecule has 20 heavy (non-hydrogen) atoms. The zero-order valence-corrected chi connectivity index (χ0v) is 13.2. The van der Waals surface area contributed by atoms with Crippen molar-refractivity contribution in [1.82, 2.24) is 9.71 Å². The number of nitrogens with zero attached hydrogens (tertiary/aromatic N) is 1. The van der Waals surface area contributed by atoms with Gasteiger partial charge in [0.15, 0.2) is 0 Å². The van der Waals surface area contributed by atoms with E-state index in [1.807, 2.05) is 18.4 Å². The fraction of sp³-hybridized carbons (Fsp3) is 0.308. The summed E-state index contributed by atoms with van der Waals surface area (Å²) in [6, 6.07) is 5.34. The molecule has 0 radical (unpaired) electrons. The lowest BCUT2D eigenvalue weighted by atomic mass is 10.2. The second-order valence-corrected chi connectivity index (χ2v) is 7.21. The number of nitrogens with one attached hydrogen (secondary N) is 2. The molecule has 0 saturated carbocycles. The van der Waals surface area contributed by atoms with Crippen LogP contribution in [0.15, 0.2) is 34.7 Å². The lowest BCUT2D eigenvalue weighted by Gasteiger charge is -2.15. The lowest BCUT2D eigenvalue weighted by Crippen LogP contribution is -2.20. The van der Waals surface area contributed by atoms with Crippen LogP contribution in [0.1, 0.15) is 23.5 Å². The molecule has 0 aliphatic carbocycles. The molecule has 0 spiro atoms. The average Bonchev–Trinajstić information content (AvgIpc) is 2.95. The third-order valence-electron chi connectivity index (χ3n) is 2.95. The maximum atomic E-state index is 11.9. The molecule has 0 saturated heterocycles. The Morgan fingerprint density at radius 3 is 2.70 bits per heavy atom. The van der Waals surface area contributed by atoms with E-state index in [2.05, 4.69) is 15.0 Å². The Morgan fingerprint density at radius 2 is 2.10 bits per heavy atom. The van der Waals surface area contributed by atoms with Crippen molar-refractivity contribution in [2.75, 3.05) is 12.4 Å². The van der Waals surface area contributed by atoms with Crippen LogP contribution in [0.5, 0.6) is 0 Å². The van der Waals surface area contributed by atoms with Gasteiger partial charge in [0.1, 0.15) is 5.01 Å². The van der Waals surface area contributed by atoms with Gasteiger partial charge in [0.2, 0.25) is 10.0 Å². The highest BCUT2D eigenvalue weighted by molar-refractivity contribution is 7.89. The first-order valence-corrected chi connectivity index (χ1v) is 8.50. The van der Waals surface area contributed by atoms with Gasteiger partial charge in [-0.05, 0) is 38.6 Å². The Morgan fingerprint density at radius 1 is 1.35 bits per heavy atom. The van der Waals surface area contributed by atoms with Crippen LogP contribution in [-0.2, 0) is 10.0 Å². The van der Waals surface area contributed by atoms with E-state index in [0.717, 1.165) is 10.7 Å². The van der Waals surface area contributed by atoms with Crippen molar-refractivity contribution in [2.24, 2.45) is 0 Å². The molecule has 0 aliphatic rings. The molecule has 2 aromatic rings. The topological polar surface area (TPSA) is 71.1 Å². The van der Waals surface area contributed by atoms with E-state index in [0.29, 0.717) is 5.56 Å². The molecule has 1 aromatic heterocycles. The SMILES string of the molecule is CNS(=O)(=O)c1cc(NC(C)c2nccs2)ccc1C. The number of aromatic nitrogens is 1. The molecule has 0 bridgehead atoms. The smallest absolute Gasteiger partial charge is 0.240 e. The first-order chi connectivity index (χ1) is 9.44. The van der Waals surface area contributed by atoms with E-state index >= 15 is 0 Å². The summed E-state index contributed by atoms with van der Waals surface area (Å²) in [7, 11) is -2.03. The van der Waals surface area contributed by atoms with Gasteiger partial charge in [-0.15, -0.1) is 11.3 Å². The second-order valence-electron chi connectivity index (χ2n) is 4.42. The summed E-state index contributed by atoms with van der Waals surface area (Å²) in [5.41, 5.74) is 1.47. The first kappa shape index (κ1) is 15.0. The van der Waals surface area contributed by atoms with Crippen LogP contribution >= 0.6 is 11.3 Å². The molecule has 0 aliphatic heterocycles. The van der Waals surface area contributed by atoms with Gasteiger partial charge in [-0.1, -0.05) is 6.07 Å². The highest BCUT2D eigenvalue weighted by Crippen LogP contribution is 2.24. The number of aryl methyl sites for hydroxylation is 1. The second kappa shape index (κ2) is 5.90. The number of hydrogen-bond donors (Lipinski definition) is 2. The van der Waals surface area contributed by atoms with E-state index in [-0.39, 0.29) is 10.9 Å². The molecule has 2 N–H and O–H groups in total. The predicted octanol–water partition coefficient (Wildman–Crippen LogP) is 2.53. The minimum Gasteiger partial charge on any atom is -0.376 e. The highest BCUT2D eigenvalue weighted by atomic mass is 32.2. The minimum atomic E-state index is -3.44. The van der Waals surface area contributed by atoms with Crippen molar-refractivity contribution in [3.8, 4) is 0 Å². The van der Waals surface area contributed by atoms with Crippen LogP contribution in [0.2, 0.25) is 0 Å². The molecule has 1 aromatic carbocycles. The molecule has 108 valence electrons. The maximum Gasteiger partial charge on any atom is 0.240 e. The molecule has 5 nitrogen and oxygen atoms in total. The Balaban J connectivity index is 2.28. The Hall–Kier alpha value is -1.44. The van der Waals surface area contributed by atoms with Crippen LogP contribution in [-0.4, -0.2) is 20.4 Å². The van der Waals surface area contributed by atoms with Crippen molar-refractivity contribution < 1.29 is 8.42 Å². The van der Waals surface area contributed by atoms with Crippen molar-refractivity contribution >= 4 is 27.0 Å². The average molecular weight is 311 g/mol. The van der Waals surface area contributed by atoms with E-state index in [9.17, 15) is 8.42 Å². The lowest BCUT2D eigenvalue weighted by molar-refractivity contribution is 0.587. The van der Waals surface area contributed by atoms with Gasteiger partial charge in [-0.3, -0.25) is 0 Å². The summed E-state index contributed by atoms with van der Waals surface area (Å²) in [6.45, 7) is 3.77. The normalized spacial score (nSPS) is 13.2. The number of sulfonamides is 1. The third-order valence-corrected chi connectivity index (χ3v) is 5.47. The molecule has 1 heterocycles. The summed E-state index contributed by atoms with van der Waals surface area (Å²) < 4.78 is 26.2. The zero-order chi connectivity index (χ0) is 14.8. The van der Waals surface area contributed by atoms with Gasteiger partial charge in [0.25, 0.3) is 0 Å². The fourth-order valence-electron chi connectivity index (χ4n) is 1.85. The van der Waals surface area contributed by atoms with Crippen molar-refractivity contribution in [1.29, 1.82) is 0 Å². The maximum absolute atomic E-state index is 11.9. The summed E-state index contributed by atoms with van der Waals surface area (Å²) in [6.07, 6.45) is 1.75. The molecule has 1 unspecified atom stereocenters. The quantitative estimate of drug-likeness (QED) is 0.890. The van der Waals surface area contributed by atoms with E-state index in [1.165, 1.54) is 7.05 Å². The highest BCUT2D eigenvalue weighted by Gasteiger charge is 2.16. The van der Waals surface area contributed by atoms with Crippen LogP contribution in [0.4, 0.5) is 5.69 Å². The van der Waals surface area contributed by atoms with Crippen molar-refractivity contribution in [3.63, 3.8) is 0 Å². The molecule has 0 fully saturated rings. The predicted molar refractivity (Wildman–Crippen MR) is 81.6 cm³/mol. The van der Waals surface area contributed by atoms with Gasteiger partial charge >= 0.3 is 0 Å². The van der Waals surface area contributed by atoms with E-state index < -0.39 is 10.0 Å². The molecule has 1 atom stereocenters. The number of benzene rings is 1. The summed E-state index contributed by atoms with van der Waals surface area (Å²) in [5.74, 6) is 0. The molecule has 0 amide bonds. The number of hydrogen-bond acceptors (Lipinski definition) is 5. The standard InChI is InChI=1S/C13H17N3O2S2/c1-9-4-5-11(8-12(9)20(17,18)14-3)16-10(2)13-15-6-7-19-13/h4-8,10,14,16H,1-3H3. The van der Waals surface area contributed by atoms with Gasteiger partial charge in [-0.2, -0.15) is 0 Å². The molecular weight excluding hydrogens is 294 g/mol. The van der Waals surface area contributed by atoms with Crippen LogP contribution in [0.25, 0.3) is 0 Å². The molecular formula is C13H17N3O2S2. The van der Waals surface area contributed by atoms with E-state index in [1.54, 1.807) is 36.6 Å². The zero-order valence-electron chi connectivity index (χ0n) is 11.5. The molecule has 2 rings (SSSR count). The van der Waals surface area contributed by atoms with Crippen LogP contribution in [0.3, 0.4) is 0 Å². The third kappa shape index (κ3) is 3.17. The fourth-order valence-corrected chi connectivity index (χ4v) is 3.49. The van der Waals surface area contributed by atoms with E-state index in [4.69, 9.17) is 0 Å². The van der Waals surface area contributed by atoms with Gasteiger partial charge < -0.3 is 5.32 Å². The van der Waals surface area contributed by atoms with Gasteiger partial charge in [0.05, 0.1) is 10.9 Å².